The zero-order valence-corrected chi connectivity index (χ0v) is 10.7. The Morgan fingerprint density at radius 1 is 1.56 bits per heavy atom. The van der Waals surface area contributed by atoms with E-state index in [1.807, 2.05) is 26.0 Å². The van der Waals surface area contributed by atoms with Crippen molar-refractivity contribution < 1.29 is 9.90 Å². The first-order valence-electron chi connectivity index (χ1n) is 6.04. The Kier molecular flexibility index (Phi) is 5.34. The Balaban J connectivity index is 2.68. The highest BCUT2D eigenvalue weighted by atomic mass is 16.4. The number of carboxylic acids is 1. The summed E-state index contributed by atoms with van der Waals surface area (Å²) in [5, 5.41) is 20.8. The van der Waals surface area contributed by atoms with E-state index >= 15 is 0 Å². The van der Waals surface area contributed by atoms with Crippen LogP contribution in [-0.4, -0.2) is 17.1 Å². The van der Waals surface area contributed by atoms with Crippen molar-refractivity contribution in [2.75, 3.05) is 0 Å². The fourth-order valence-corrected chi connectivity index (χ4v) is 1.80. The number of nitrogens with one attached hydrogen (secondary N) is 1. The van der Waals surface area contributed by atoms with Crippen LogP contribution in [0.5, 0.6) is 0 Å². The van der Waals surface area contributed by atoms with Crippen LogP contribution in [0.15, 0.2) is 18.2 Å². The van der Waals surface area contributed by atoms with Gasteiger partial charge in [0.2, 0.25) is 0 Å². The van der Waals surface area contributed by atoms with E-state index in [9.17, 15) is 4.79 Å². The summed E-state index contributed by atoms with van der Waals surface area (Å²) in [6.45, 7) is 4.40. The molecule has 0 aromatic heterocycles. The molecule has 0 fully saturated rings. The van der Waals surface area contributed by atoms with Crippen molar-refractivity contribution in [2.45, 2.75) is 39.3 Å². The van der Waals surface area contributed by atoms with E-state index in [2.05, 4.69) is 11.4 Å². The molecular formula is C14H18N2O2. The number of carboxylic acid groups (broad SMARTS) is 1. The molecular weight excluding hydrogens is 228 g/mol. The third kappa shape index (κ3) is 3.86. The monoisotopic (exact) mass is 246 g/mol. The van der Waals surface area contributed by atoms with Crippen LogP contribution in [-0.2, 0) is 11.3 Å². The summed E-state index contributed by atoms with van der Waals surface area (Å²) >= 11 is 0. The Labute approximate surface area is 107 Å². The lowest BCUT2D eigenvalue weighted by atomic mass is 10.0. The van der Waals surface area contributed by atoms with E-state index in [0.29, 0.717) is 18.5 Å². The van der Waals surface area contributed by atoms with Crippen LogP contribution in [0.4, 0.5) is 0 Å². The summed E-state index contributed by atoms with van der Waals surface area (Å²) in [6, 6.07) is 7.00. The van der Waals surface area contributed by atoms with Crippen molar-refractivity contribution in [1.29, 1.82) is 5.26 Å². The Bertz CT molecular complexity index is 463. The fourth-order valence-electron chi connectivity index (χ4n) is 1.80. The van der Waals surface area contributed by atoms with Crippen molar-refractivity contribution in [1.82, 2.24) is 5.32 Å². The lowest BCUT2D eigenvalue weighted by Gasteiger charge is -2.14. The highest BCUT2D eigenvalue weighted by Crippen LogP contribution is 2.11. The molecule has 0 heterocycles. The standard InChI is InChI=1S/C14H18N2O2/c1-3-4-13(14(17)18)16-9-12-6-5-11(8-15)7-10(12)2/h5-7,13,16H,3-4,9H2,1-2H3,(H,17,18). The number of hydrogen-bond donors (Lipinski definition) is 2. The number of aliphatic carboxylic acids is 1. The van der Waals surface area contributed by atoms with Gasteiger partial charge in [0, 0.05) is 6.54 Å². The predicted molar refractivity (Wildman–Crippen MR) is 69.1 cm³/mol. The van der Waals surface area contributed by atoms with Crippen molar-refractivity contribution in [3.05, 3.63) is 34.9 Å². The predicted octanol–water partition coefficient (Wildman–Crippen LogP) is 2.21. The lowest BCUT2D eigenvalue weighted by Crippen LogP contribution is -2.36. The SMILES string of the molecule is CCCC(NCc1ccc(C#N)cc1C)C(=O)O. The van der Waals surface area contributed by atoms with Crippen molar-refractivity contribution >= 4 is 5.97 Å². The molecule has 2 N–H and O–H groups in total. The zero-order valence-electron chi connectivity index (χ0n) is 10.7. The second-order valence-electron chi connectivity index (χ2n) is 4.31. The molecule has 1 atom stereocenters. The van der Waals surface area contributed by atoms with Gasteiger partial charge in [0.1, 0.15) is 6.04 Å². The van der Waals surface area contributed by atoms with E-state index in [-0.39, 0.29) is 0 Å². The molecule has 4 heteroatoms. The number of rotatable bonds is 6. The van der Waals surface area contributed by atoms with Crippen LogP contribution in [0.3, 0.4) is 0 Å². The van der Waals surface area contributed by atoms with Crippen LogP contribution < -0.4 is 5.32 Å². The molecule has 0 aliphatic carbocycles. The molecule has 0 aliphatic rings. The third-order valence-electron chi connectivity index (χ3n) is 2.89. The van der Waals surface area contributed by atoms with Crippen LogP contribution >= 0.6 is 0 Å². The zero-order chi connectivity index (χ0) is 13.5. The summed E-state index contributed by atoms with van der Waals surface area (Å²) < 4.78 is 0. The van der Waals surface area contributed by atoms with Crippen LogP contribution in [0, 0.1) is 18.3 Å². The van der Waals surface area contributed by atoms with Gasteiger partial charge < -0.3 is 10.4 Å². The number of nitrogens with zero attached hydrogens (tertiary/aromatic N) is 1. The van der Waals surface area contributed by atoms with E-state index in [1.165, 1.54) is 0 Å². The van der Waals surface area contributed by atoms with Gasteiger partial charge in [0.25, 0.3) is 0 Å². The summed E-state index contributed by atoms with van der Waals surface area (Å²) in [6.07, 6.45) is 1.45. The normalized spacial score (nSPS) is 11.8. The van der Waals surface area contributed by atoms with Gasteiger partial charge in [0.15, 0.2) is 0 Å². The smallest absolute Gasteiger partial charge is 0.320 e. The summed E-state index contributed by atoms with van der Waals surface area (Å²) in [5.41, 5.74) is 2.65. The summed E-state index contributed by atoms with van der Waals surface area (Å²) in [4.78, 5) is 11.0. The first kappa shape index (κ1) is 14.2. The van der Waals surface area contributed by atoms with Crippen LogP contribution in [0.1, 0.15) is 36.5 Å². The van der Waals surface area contributed by atoms with E-state index in [1.54, 1.807) is 6.07 Å². The van der Waals surface area contributed by atoms with Gasteiger partial charge in [-0.05, 0) is 36.6 Å². The topological polar surface area (TPSA) is 73.1 Å². The second-order valence-corrected chi connectivity index (χ2v) is 4.31. The fraction of sp³-hybridized carbons (Fsp3) is 0.429. The average molecular weight is 246 g/mol. The Hall–Kier alpha value is -1.86. The van der Waals surface area contributed by atoms with E-state index in [0.717, 1.165) is 17.5 Å². The Morgan fingerprint density at radius 2 is 2.28 bits per heavy atom. The quantitative estimate of drug-likeness (QED) is 0.807. The molecule has 0 spiro atoms. The number of carbonyl (C=O) groups is 1. The first-order chi connectivity index (χ1) is 8.58. The highest BCUT2D eigenvalue weighted by molar-refractivity contribution is 5.73. The number of nitriles is 1. The lowest BCUT2D eigenvalue weighted by molar-refractivity contribution is -0.139. The van der Waals surface area contributed by atoms with Crippen molar-refractivity contribution in [3.8, 4) is 6.07 Å². The minimum Gasteiger partial charge on any atom is -0.480 e. The maximum atomic E-state index is 11.0. The van der Waals surface area contributed by atoms with Gasteiger partial charge in [-0.15, -0.1) is 0 Å². The third-order valence-corrected chi connectivity index (χ3v) is 2.89. The molecule has 18 heavy (non-hydrogen) atoms. The minimum absolute atomic E-state index is 0.508. The van der Waals surface area contributed by atoms with Crippen LogP contribution in [0.25, 0.3) is 0 Å². The molecule has 0 saturated heterocycles. The van der Waals surface area contributed by atoms with Gasteiger partial charge in [-0.25, -0.2) is 0 Å². The highest BCUT2D eigenvalue weighted by Gasteiger charge is 2.15. The summed E-state index contributed by atoms with van der Waals surface area (Å²) in [5.74, 6) is -0.817. The molecule has 1 aromatic rings. The minimum atomic E-state index is -0.817. The maximum absolute atomic E-state index is 11.0. The molecule has 1 unspecified atom stereocenters. The molecule has 0 amide bonds. The molecule has 1 aromatic carbocycles. The second kappa shape index (κ2) is 6.77. The molecule has 96 valence electrons. The van der Waals surface area contributed by atoms with E-state index in [4.69, 9.17) is 10.4 Å². The van der Waals surface area contributed by atoms with Gasteiger partial charge in [-0.1, -0.05) is 19.4 Å². The van der Waals surface area contributed by atoms with Crippen molar-refractivity contribution in [3.63, 3.8) is 0 Å². The molecule has 0 bridgehead atoms. The summed E-state index contributed by atoms with van der Waals surface area (Å²) in [7, 11) is 0. The van der Waals surface area contributed by atoms with Crippen LogP contribution in [0.2, 0.25) is 0 Å². The molecule has 0 saturated carbocycles. The Morgan fingerprint density at radius 3 is 2.78 bits per heavy atom. The number of aryl methyl sites for hydroxylation is 1. The molecule has 1 rings (SSSR count). The maximum Gasteiger partial charge on any atom is 0.320 e. The first-order valence-corrected chi connectivity index (χ1v) is 6.04. The molecule has 0 aliphatic heterocycles. The molecule has 4 nitrogen and oxygen atoms in total. The van der Waals surface area contributed by atoms with Gasteiger partial charge in [-0.2, -0.15) is 5.26 Å². The van der Waals surface area contributed by atoms with Gasteiger partial charge >= 0.3 is 5.97 Å². The van der Waals surface area contributed by atoms with Crippen molar-refractivity contribution in [2.24, 2.45) is 0 Å². The largest absolute Gasteiger partial charge is 0.480 e. The van der Waals surface area contributed by atoms with E-state index < -0.39 is 12.0 Å². The number of benzene rings is 1. The molecule has 0 radical (unpaired) electrons. The number of hydrogen-bond acceptors (Lipinski definition) is 3. The average Bonchev–Trinajstić information content (AvgIpc) is 2.35. The van der Waals surface area contributed by atoms with Gasteiger partial charge in [0.05, 0.1) is 11.6 Å². The van der Waals surface area contributed by atoms with Gasteiger partial charge in [-0.3, -0.25) is 4.79 Å².